The van der Waals surface area contributed by atoms with Crippen molar-refractivity contribution < 1.29 is 9.53 Å². The number of rotatable bonds is 4. The topological polar surface area (TPSA) is 55.6 Å². The van der Waals surface area contributed by atoms with Crippen LogP contribution in [0, 0.1) is 0 Å². The maximum Gasteiger partial charge on any atom is 0.274 e. The highest BCUT2D eigenvalue weighted by atomic mass is 35.5. The summed E-state index contributed by atoms with van der Waals surface area (Å²) < 4.78 is 6.92. The van der Waals surface area contributed by atoms with Gasteiger partial charge in [-0.05, 0) is 24.6 Å². The number of hydrogen-bond donors (Lipinski definition) is 1. The third-order valence-electron chi connectivity index (χ3n) is 3.54. The maximum absolute atomic E-state index is 12.7. The molecule has 2 aromatic heterocycles. The number of anilines is 1. The Morgan fingerprint density at radius 2 is 2.17 bits per heavy atom. The molecular weight excluding hydrogens is 314 g/mol. The number of pyridine rings is 1. The fraction of sp³-hybridized carbons (Fsp3) is 0.176. The highest BCUT2D eigenvalue weighted by Crippen LogP contribution is 2.21. The second-order valence-electron chi connectivity index (χ2n) is 5.02. The van der Waals surface area contributed by atoms with Gasteiger partial charge < -0.3 is 10.1 Å². The van der Waals surface area contributed by atoms with Gasteiger partial charge in [0.15, 0.2) is 0 Å². The number of nitrogens with one attached hydrogen (secondary N) is 1. The number of aryl methyl sites for hydroxylation is 1. The lowest BCUT2D eigenvalue weighted by Crippen LogP contribution is -2.16. The molecule has 0 saturated heterocycles. The quantitative estimate of drug-likeness (QED) is 0.791. The summed E-state index contributed by atoms with van der Waals surface area (Å²) in [7, 11) is 1.59. The second kappa shape index (κ2) is 6.30. The summed E-state index contributed by atoms with van der Waals surface area (Å²) in [4.78, 5) is 17.2. The molecule has 0 aliphatic carbocycles. The smallest absolute Gasteiger partial charge is 0.274 e. The van der Waals surface area contributed by atoms with E-state index in [2.05, 4.69) is 10.3 Å². The number of benzene rings is 1. The summed E-state index contributed by atoms with van der Waals surface area (Å²) in [6.45, 7) is 1.96. The van der Waals surface area contributed by atoms with Crippen LogP contribution in [0.3, 0.4) is 0 Å². The highest BCUT2D eigenvalue weighted by molar-refractivity contribution is 6.30. The van der Waals surface area contributed by atoms with Crippen LogP contribution in [0.25, 0.3) is 5.65 Å². The lowest BCUT2D eigenvalue weighted by Gasteiger charge is -2.08. The van der Waals surface area contributed by atoms with Crippen molar-refractivity contribution in [1.29, 1.82) is 0 Å². The van der Waals surface area contributed by atoms with Gasteiger partial charge in [-0.1, -0.05) is 24.6 Å². The van der Waals surface area contributed by atoms with E-state index in [0.717, 1.165) is 5.69 Å². The first kappa shape index (κ1) is 15.4. The first-order chi connectivity index (χ1) is 11.1. The molecule has 3 aromatic rings. The highest BCUT2D eigenvalue weighted by Gasteiger charge is 2.18. The van der Waals surface area contributed by atoms with E-state index in [1.54, 1.807) is 35.9 Å². The Bertz CT molecular complexity index is 873. The number of halogens is 1. The normalized spacial score (nSPS) is 10.7. The van der Waals surface area contributed by atoms with Crippen molar-refractivity contribution in [2.45, 2.75) is 13.3 Å². The molecule has 2 heterocycles. The van der Waals surface area contributed by atoms with Gasteiger partial charge in [0.25, 0.3) is 5.91 Å². The molecule has 1 aromatic carbocycles. The minimum absolute atomic E-state index is 0.218. The van der Waals surface area contributed by atoms with E-state index in [4.69, 9.17) is 16.3 Å². The molecule has 0 unspecified atom stereocenters. The molecule has 118 valence electrons. The number of carbonyl (C=O) groups is 1. The zero-order valence-corrected chi connectivity index (χ0v) is 13.6. The Hall–Kier alpha value is -2.53. The van der Waals surface area contributed by atoms with E-state index in [1.807, 2.05) is 25.1 Å². The number of methoxy groups -OCH3 is 1. The van der Waals surface area contributed by atoms with E-state index in [1.165, 1.54) is 0 Å². The van der Waals surface area contributed by atoms with Gasteiger partial charge in [-0.25, -0.2) is 4.98 Å². The summed E-state index contributed by atoms with van der Waals surface area (Å²) in [5.41, 5.74) is 2.57. The zero-order valence-electron chi connectivity index (χ0n) is 12.8. The Morgan fingerprint density at radius 1 is 1.35 bits per heavy atom. The molecule has 0 spiro atoms. The molecule has 23 heavy (non-hydrogen) atoms. The molecule has 3 rings (SSSR count). The summed E-state index contributed by atoms with van der Waals surface area (Å²) in [6.07, 6.45) is 2.41. The Balaban J connectivity index is 1.99. The molecule has 0 fully saturated rings. The van der Waals surface area contributed by atoms with Gasteiger partial charge in [-0.2, -0.15) is 0 Å². The lowest BCUT2D eigenvalue weighted by molar-refractivity contribution is 0.102. The van der Waals surface area contributed by atoms with Crippen molar-refractivity contribution in [2.24, 2.45) is 0 Å². The van der Waals surface area contributed by atoms with Crippen LogP contribution in [0.4, 0.5) is 5.69 Å². The largest absolute Gasteiger partial charge is 0.497 e. The Kier molecular flexibility index (Phi) is 4.21. The van der Waals surface area contributed by atoms with Crippen molar-refractivity contribution >= 4 is 28.8 Å². The third-order valence-corrected chi connectivity index (χ3v) is 3.77. The van der Waals surface area contributed by atoms with Gasteiger partial charge in [-0.3, -0.25) is 9.20 Å². The molecular formula is C17H16ClN3O2. The van der Waals surface area contributed by atoms with Gasteiger partial charge in [0.2, 0.25) is 0 Å². The van der Waals surface area contributed by atoms with Crippen LogP contribution in [-0.4, -0.2) is 22.4 Å². The van der Waals surface area contributed by atoms with Crippen LogP contribution in [0.15, 0.2) is 42.6 Å². The van der Waals surface area contributed by atoms with Crippen LogP contribution >= 0.6 is 11.6 Å². The van der Waals surface area contributed by atoms with Gasteiger partial charge in [0.05, 0.1) is 12.8 Å². The molecule has 1 N–H and O–H groups in total. The first-order valence-electron chi connectivity index (χ1n) is 7.24. The average molecular weight is 330 g/mol. The number of ether oxygens (including phenoxy) is 1. The predicted octanol–water partition coefficient (Wildman–Crippen LogP) is 3.81. The van der Waals surface area contributed by atoms with E-state index >= 15 is 0 Å². The third kappa shape index (κ3) is 3.00. The fourth-order valence-electron chi connectivity index (χ4n) is 2.45. The Morgan fingerprint density at radius 3 is 2.91 bits per heavy atom. The number of hydrogen-bond acceptors (Lipinski definition) is 3. The molecule has 0 atom stereocenters. The molecule has 0 aliphatic heterocycles. The van der Waals surface area contributed by atoms with Gasteiger partial charge in [-0.15, -0.1) is 0 Å². The summed E-state index contributed by atoms with van der Waals surface area (Å²) in [5, 5.41) is 3.48. The van der Waals surface area contributed by atoms with Crippen LogP contribution < -0.4 is 10.1 Å². The predicted molar refractivity (Wildman–Crippen MR) is 90.5 cm³/mol. The minimum Gasteiger partial charge on any atom is -0.497 e. The van der Waals surface area contributed by atoms with Gasteiger partial charge in [0.1, 0.15) is 17.1 Å². The van der Waals surface area contributed by atoms with Gasteiger partial charge in [0, 0.05) is 29.0 Å². The zero-order chi connectivity index (χ0) is 16.4. The fourth-order valence-corrected chi connectivity index (χ4v) is 2.60. The number of carbonyl (C=O) groups excluding carboxylic acids is 1. The molecule has 0 saturated carbocycles. The van der Waals surface area contributed by atoms with Crippen molar-refractivity contribution in [1.82, 2.24) is 9.38 Å². The van der Waals surface area contributed by atoms with Gasteiger partial charge >= 0.3 is 0 Å². The summed E-state index contributed by atoms with van der Waals surface area (Å²) in [6, 6.07) is 10.7. The monoisotopic (exact) mass is 329 g/mol. The van der Waals surface area contributed by atoms with Crippen molar-refractivity contribution in [3.63, 3.8) is 0 Å². The SMILES string of the molecule is CCc1nc2cc(Cl)ccn2c1C(=O)Nc1cccc(OC)c1. The standard InChI is InChI=1S/C17H16ClN3O2/c1-3-14-16(21-8-7-11(18)9-15(21)20-14)17(22)19-12-5-4-6-13(10-12)23-2/h4-10H,3H2,1-2H3,(H,19,22). The number of amides is 1. The van der Waals surface area contributed by atoms with Crippen LogP contribution in [0.2, 0.25) is 5.02 Å². The average Bonchev–Trinajstić information content (AvgIpc) is 2.92. The van der Waals surface area contributed by atoms with E-state index in [-0.39, 0.29) is 5.91 Å². The number of imidazole rings is 1. The molecule has 1 amide bonds. The van der Waals surface area contributed by atoms with E-state index < -0.39 is 0 Å². The molecule has 0 radical (unpaired) electrons. The molecule has 0 bridgehead atoms. The van der Waals surface area contributed by atoms with Crippen molar-refractivity contribution in [3.05, 3.63) is 59.0 Å². The summed E-state index contributed by atoms with van der Waals surface area (Å²) in [5.74, 6) is 0.466. The van der Waals surface area contributed by atoms with Crippen LogP contribution in [0.1, 0.15) is 23.1 Å². The summed E-state index contributed by atoms with van der Waals surface area (Å²) >= 11 is 6.00. The minimum atomic E-state index is -0.218. The maximum atomic E-state index is 12.7. The lowest BCUT2D eigenvalue weighted by atomic mass is 10.2. The molecule has 0 aliphatic rings. The number of aromatic nitrogens is 2. The Labute approximate surface area is 138 Å². The van der Waals surface area contributed by atoms with Crippen LogP contribution in [0.5, 0.6) is 5.75 Å². The van der Waals surface area contributed by atoms with Crippen molar-refractivity contribution in [2.75, 3.05) is 12.4 Å². The second-order valence-corrected chi connectivity index (χ2v) is 5.46. The number of fused-ring (bicyclic) bond motifs is 1. The molecule has 5 nitrogen and oxygen atoms in total. The molecule has 6 heteroatoms. The first-order valence-corrected chi connectivity index (χ1v) is 7.62. The van der Waals surface area contributed by atoms with Crippen LogP contribution in [-0.2, 0) is 6.42 Å². The van der Waals surface area contributed by atoms with E-state index in [0.29, 0.717) is 34.2 Å². The van der Waals surface area contributed by atoms with E-state index in [9.17, 15) is 4.79 Å². The van der Waals surface area contributed by atoms with Crippen molar-refractivity contribution in [3.8, 4) is 5.75 Å². The number of nitrogens with zero attached hydrogens (tertiary/aromatic N) is 2.